The topological polar surface area (TPSA) is 122 Å². The molecule has 0 amide bonds. The fourth-order valence-corrected chi connectivity index (χ4v) is 4.26. The number of imidazole rings is 1. The van der Waals surface area contributed by atoms with Crippen LogP contribution >= 0.6 is 11.3 Å². The second kappa shape index (κ2) is 6.67. The lowest BCUT2D eigenvalue weighted by atomic mass is 10.1. The van der Waals surface area contributed by atoms with Crippen molar-refractivity contribution in [3.05, 3.63) is 60.3 Å². The number of nitrogens with two attached hydrogens (primary N) is 1. The first-order valence-corrected chi connectivity index (χ1v) is 10.1. The van der Waals surface area contributed by atoms with Crippen LogP contribution in [0, 0.1) is 5.13 Å². The number of thiophene rings is 1. The summed E-state index contributed by atoms with van der Waals surface area (Å²) in [4.78, 5) is 21.8. The van der Waals surface area contributed by atoms with Gasteiger partial charge in [0, 0.05) is 35.9 Å². The molecule has 6 rings (SSSR count). The molecule has 0 fully saturated rings. The highest BCUT2D eigenvalue weighted by atomic mass is 32.1. The number of anilines is 1. The summed E-state index contributed by atoms with van der Waals surface area (Å²) < 4.78 is 13.5. The van der Waals surface area contributed by atoms with Gasteiger partial charge in [0.1, 0.15) is 16.9 Å². The van der Waals surface area contributed by atoms with Gasteiger partial charge < -0.3 is 10.7 Å². The summed E-state index contributed by atoms with van der Waals surface area (Å²) >= 11 is 1.03. The van der Waals surface area contributed by atoms with Crippen LogP contribution in [0.15, 0.2) is 55.1 Å². The van der Waals surface area contributed by atoms with Crippen LogP contribution in [0.1, 0.15) is 0 Å². The molecule has 6 aromatic heterocycles. The molecule has 0 aliphatic rings. The van der Waals surface area contributed by atoms with Crippen molar-refractivity contribution in [2.75, 3.05) is 5.73 Å². The largest absolute Gasteiger partial charge is 0.397 e. The van der Waals surface area contributed by atoms with E-state index in [2.05, 4.69) is 30.1 Å². The Hall–Kier alpha value is -4.18. The van der Waals surface area contributed by atoms with Gasteiger partial charge in [-0.1, -0.05) is 0 Å². The summed E-state index contributed by atoms with van der Waals surface area (Å²) in [5.41, 5.74) is 11.5. The van der Waals surface area contributed by atoms with E-state index in [9.17, 15) is 4.39 Å². The van der Waals surface area contributed by atoms with Gasteiger partial charge in [-0.3, -0.25) is 15.1 Å². The maximum atomic E-state index is 13.5. The number of aromatic amines is 2. The number of hydrogen-bond acceptors (Lipinski definition) is 7. The third kappa shape index (κ3) is 2.92. The summed E-state index contributed by atoms with van der Waals surface area (Å²) in [7, 11) is 0. The molecule has 0 saturated heterocycles. The zero-order valence-corrected chi connectivity index (χ0v) is 16.6. The number of pyridine rings is 3. The quantitative estimate of drug-likeness (QED) is 0.384. The lowest BCUT2D eigenvalue weighted by Crippen LogP contribution is -1.89. The van der Waals surface area contributed by atoms with Crippen molar-refractivity contribution in [1.82, 2.24) is 35.1 Å². The minimum Gasteiger partial charge on any atom is -0.397 e. The molecular weight excluding hydrogens is 415 g/mol. The number of nitrogen functional groups attached to an aromatic ring is 1. The Kier molecular flexibility index (Phi) is 3.80. The van der Waals surface area contributed by atoms with Gasteiger partial charge in [0.2, 0.25) is 0 Å². The highest BCUT2D eigenvalue weighted by molar-refractivity contribution is 7.13. The number of hydrogen-bond donors (Lipinski definition) is 3. The first-order chi connectivity index (χ1) is 15.2. The molecule has 0 bridgehead atoms. The molecule has 0 aliphatic carbocycles. The fourth-order valence-electron chi connectivity index (χ4n) is 3.53. The number of halogens is 1. The van der Waals surface area contributed by atoms with Gasteiger partial charge in [0.15, 0.2) is 16.6 Å². The Bertz CT molecular complexity index is 1580. The summed E-state index contributed by atoms with van der Waals surface area (Å²) in [6.07, 6.45) is 6.75. The SMILES string of the molecule is Nc1cncc(-c2cnc3[nH]nc(-c4nc5c(-c6ccc(F)s6)nccc5[nH]4)c3c2)c1. The van der Waals surface area contributed by atoms with Crippen LogP contribution in [-0.4, -0.2) is 35.1 Å². The van der Waals surface area contributed by atoms with Gasteiger partial charge in [-0.05, 0) is 30.3 Å². The molecule has 0 saturated carbocycles. The van der Waals surface area contributed by atoms with E-state index in [0.29, 0.717) is 38.9 Å². The number of H-pyrrole nitrogens is 2. The zero-order chi connectivity index (χ0) is 20.9. The van der Waals surface area contributed by atoms with Crippen molar-refractivity contribution in [3.63, 3.8) is 0 Å². The minimum atomic E-state index is -0.266. The van der Waals surface area contributed by atoms with Gasteiger partial charge in [0.05, 0.1) is 21.5 Å². The lowest BCUT2D eigenvalue weighted by molar-refractivity contribution is 0.657. The van der Waals surface area contributed by atoms with Crippen molar-refractivity contribution >= 4 is 39.1 Å². The zero-order valence-electron chi connectivity index (χ0n) is 15.8. The van der Waals surface area contributed by atoms with Crippen LogP contribution < -0.4 is 5.73 Å². The number of nitrogens with one attached hydrogen (secondary N) is 2. The third-order valence-corrected chi connectivity index (χ3v) is 5.82. The molecule has 0 aromatic carbocycles. The van der Waals surface area contributed by atoms with Crippen LogP contribution in [0.3, 0.4) is 0 Å². The van der Waals surface area contributed by atoms with E-state index in [1.54, 1.807) is 30.9 Å². The molecule has 0 spiro atoms. The van der Waals surface area contributed by atoms with E-state index in [1.807, 2.05) is 18.2 Å². The minimum absolute atomic E-state index is 0.266. The molecule has 0 radical (unpaired) electrons. The Morgan fingerprint density at radius 3 is 2.71 bits per heavy atom. The van der Waals surface area contributed by atoms with Crippen LogP contribution in [0.4, 0.5) is 10.1 Å². The van der Waals surface area contributed by atoms with Crippen LogP contribution in [-0.2, 0) is 0 Å². The molecule has 4 N–H and O–H groups in total. The molecule has 10 heteroatoms. The second-order valence-electron chi connectivity index (χ2n) is 6.94. The first-order valence-electron chi connectivity index (χ1n) is 9.31. The standard InChI is InChI=1S/C21H13FN8S/c22-16-2-1-15(31-16)19-18-14(3-4-25-19)27-21(28-18)17-13-6-11(8-26-20(13)30-29-17)10-5-12(23)9-24-7-10/h1-9H,23H2,(H,27,28)(H,26,29,30). The highest BCUT2D eigenvalue weighted by Crippen LogP contribution is 2.33. The van der Waals surface area contributed by atoms with Crippen LogP contribution in [0.5, 0.6) is 0 Å². The van der Waals surface area contributed by atoms with Gasteiger partial charge in [0.25, 0.3) is 0 Å². The van der Waals surface area contributed by atoms with E-state index >= 15 is 0 Å². The van der Waals surface area contributed by atoms with Crippen LogP contribution in [0.2, 0.25) is 0 Å². The number of aromatic nitrogens is 7. The summed E-state index contributed by atoms with van der Waals surface area (Å²) in [5.74, 6) is 0.567. The average Bonchev–Trinajstić information content (AvgIpc) is 3.50. The Labute approximate surface area is 178 Å². The summed E-state index contributed by atoms with van der Waals surface area (Å²) in [6.45, 7) is 0. The van der Waals surface area contributed by atoms with Gasteiger partial charge in [-0.25, -0.2) is 9.97 Å². The highest BCUT2D eigenvalue weighted by Gasteiger charge is 2.17. The fraction of sp³-hybridized carbons (Fsp3) is 0. The van der Waals surface area contributed by atoms with Crippen LogP contribution in [0.25, 0.3) is 55.3 Å². The number of fused-ring (bicyclic) bond motifs is 2. The molecule has 150 valence electrons. The summed E-state index contributed by atoms with van der Waals surface area (Å²) in [5, 5.41) is 7.90. The average molecular weight is 428 g/mol. The summed E-state index contributed by atoms with van der Waals surface area (Å²) in [6, 6.07) is 8.77. The van der Waals surface area contributed by atoms with E-state index in [0.717, 1.165) is 33.4 Å². The normalized spacial score (nSPS) is 11.5. The third-order valence-electron chi connectivity index (χ3n) is 4.94. The van der Waals surface area contributed by atoms with Gasteiger partial charge in [-0.15, -0.1) is 11.3 Å². The molecule has 8 nitrogen and oxygen atoms in total. The van der Waals surface area contributed by atoms with E-state index < -0.39 is 0 Å². The smallest absolute Gasteiger partial charge is 0.177 e. The van der Waals surface area contributed by atoms with E-state index in [1.165, 1.54) is 6.07 Å². The molecule has 6 aromatic rings. The predicted octanol–water partition coefficient (Wildman–Crippen LogP) is 4.41. The second-order valence-corrected chi connectivity index (χ2v) is 7.98. The molecule has 6 heterocycles. The Balaban J connectivity index is 1.51. The molecular formula is C21H13FN8S. The molecule has 31 heavy (non-hydrogen) atoms. The predicted molar refractivity (Wildman–Crippen MR) is 118 cm³/mol. The van der Waals surface area contributed by atoms with Crippen molar-refractivity contribution in [3.8, 4) is 33.2 Å². The monoisotopic (exact) mass is 428 g/mol. The van der Waals surface area contributed by atoms with E-state index in [-0.39, 0.29) is 5.13 Å². The van der Waals surface area contributed by atoms with Gasteiger partial charge >= 0.3 is 0 Å². The van der Waals surface area contributed by atoms with Crippen molar-refractivity contribution < 1.29 is 4.39 Å². The van der Waals surface area contributed by atoms with Gasteiger partial charge in [-0.2, -0.15) is 9.49 Å². The molecule has 0 unspecified atom stereocenters. The maximum absolute atomic E-state index is 13.5. The maximum Gasteiger partial charge on any atom is 0.177 e. The molecule has 0 aliphatic heterocycles. The molecule has 0 atom stereocenters. The van der Waals surface area contributed by atoms with Crippen molar-refractivity contribution in [1.29, 1.82) is 0 Å². The number of rotatable bonds is 3. The number of nitrogens with zero attached hydrogens (tertiary/aromatic N) is 5. The van der Waals surface area contributed by atoms with Crippen molar-refractivity contribution in [2.45, 2.75) is 0 Å². The lowest BCUT2D eigenvalue weighted by Gasteiger charge is -2.02. The van der Waals surface area contributed by atoms with Crippen molar-refractivity contribution in [2.24, 2.45) is 0 Å². The Morgan fingerprint density at radius 1 is 0.968 bits per heavy atom. The Morgan fingerprint density at radius 2 is 1.87 bits per heavy atom. The van der Waals surface area contributed by atoms with E-state index in [4.69, 9.17) is 10.7 Å². The first kappa shape index (κ1) is 17.7.